The molecule has 0 spiro atoms. The lowest BCUT2D eigenvalue weighted by Gasteiger charge is -2.31. The summed E-state index contributed by atoms with van der Waals surface area (Å²) in [5, 5.41) is 3.59. The first-order valence-electron chi connectivity index (χ1n) is 7.16. The fourth-order valence-electron chi connectivity index (χ4n) is 2.75. The van der Waals surface area contributed by atoms with Crippen LogP contribution >= 0.6 is 0 Å². The van der Waals surface area contributed by atoms with Crippen molar-refractivity contribution in [3.8, 4) is 0 Å². The highest BCUT2D eigenvalue weighted by Gasteiger charge is 2.23. The van der Waals surface area contributed by atoms with E-state index in [0.29, 0.717) is 12.0 Å². The molecule has 0 aromatic rings. The Balaban J connectivity index is 2.33. The molecule has 0 aromatic carbocycles. The van der Waals surface area contributed by atoms with Crippen LogP contribution < -0.4 is 5.32 Å². The second kappa shape index (κ2) is 7.34. The van der Waals surface area contributed by atoms with Gasteiger partial charge >= 0.3 is 0 Å². The first-order chi connectivity index (χ1) is 8.04. The fourth-order valence-corrected chi connectivity index (χ4v) is 2.75. The summed E-state index contributed by atoms with van der Waals surface area (Å²) in [6.07, 6.45) is 2.74. The molecule has 0 saturated carbocycles. The third-order valence-electron chi connectivity index (χ3n) is 3.97. The smallest absolute Gasteiger partial charge is 0.0220 e. The van der Waals surface area contributed by atoms with Crippen molar-refractivity contribution >= 4 is 0 Å². The van der Waals surface area contributed by atoms with E-state index in [1.807, 2.05) is 0 Å². The summed E-state index contributed by atoms with van der Waals surface area (Å²) in [5.74, 6) is 0.707. The van der Waals surface area contributed by atoms with Crippen LogP contribution in [0.25, 0.3) is 0 Å². The number of hydrogen-bond donors (Lipinski definition) is 1. The molecule has 2 unspecified atom stereocenters. The molecular formula is C14H31N3. The van der Waals surface area contributed by atoms with Crippen molar-refractivity contribution in [1.29, 1.82) is 0 Å². The lowest BCUT2D eigenvalue weighted by Crippen LogP contribution is -2.46. The van der Waals surface area contributed by atoms with Crippen LogP contribution in [0.1, 0.15) is 33.6 Å². The van der Waals surface area contributed by atoms with Gasteiger partial charge in [-0.3, -0.25) is 0 Å². The Bertz CT molecular complexity index is 206. The van der Waals surface area contributed by atoms with Crippen LogP contribution in [0.4, 0.5) is 0 Å². The molecule has 0 amide bonds. The van der Waals surface area contributed by atoms with Crippen molar-refractivity contribution in [2.45, 2.75) is 45.7 Å². The van der Waals surface area contributed by atoms with Crippen molar-refractivity contribution in [3.63, 3.8) is 0 Å². The van der Waals surface area contributed by atoms with Gasteiger partial charge in [-0.25, -0.2) is 0 Å². The van der Waals surface area contributed by atoms with E-state index < -0.39 is 0 Å². The lowest BCUT2D eigenvalue weighted by atomic mass is 10.0. The van der Waals surface area contributed by atoms with E-state index >= 15 is 0 Å². The molecule has 1 saturated heterocycles. The van der Waals surface area contributed by atoms with Crippen LogP contribution in [-0.2, 0) is 0 Å². The molecule has 1 aliphatic heterocycles. The molecule has 3 nitrogen and oxygen atoms in total. The van der Waals surface area contributed by atoms with E-state index in [9.17, 15) is 0 Å². The second-order valence-electron chi connectivity index (χ2n) is 5.91. The van der Waals surface area contributed by atoms with E-state index in [2.05, 4.69) is 50.0 Å². The maximum absolute atomic E-state index is 3.59. The van der Waals surface area contributed by atoms with E-state index in [0.717, 1.165) is 19.1 Å². The number of nitrogens with one attached hydrogen (secondary N) is 1. The van der Waals surface area contributed by atoms with Gasteiger partial charge < -0.3 is 15.1 Å². The van der Waals surface area contributed by atoms with E-state index in [1.54, 1.807) is 0 Å². The van der Waals surface area contributed by atoms with Gasteiger partial charge in [-0.15, -0.1) is 0 Å². The monoisotopic (exact) mass is 241 g/mol. The van der Waals surface area contributed by atoms with E-state index in [4.69, 9.17) is 0 Å². The van der Waals surface area contributed by atoms with Gasteiger partial charge in [0.15, 0.2) is 0 Å². The standard InChI is InChI=1S/C14H31N3/c1-6-15-14(12(2)3)11-16(4)10-13-8-7-9-17(13)5/h12-15H,6-11H2,1-5H3. The zero-order chi connectivity index (χ0) is 12.8. The van der Waals surface area contributed by atoms with Crippen molar-refractivity contribution in [1.82, 2.24) is 15.1 Å². The Morgan fingerprint density at radius 3 is 2.59 bits per heavy atom. The summed E-state index contributed by atoms with van der Waals surface area (Å²) in [6, 6.07) is 1.39. The molecule has 0 aromatic heterocycles. The molecule has 1 heterocycles. The van der Waals surface area contributed by atoms with Crippen molar-refractivity contribution in [2.24, 2.45) is 5.92 Å². The molecule has 0 aliphatic carbocycles. The van der Waals surface area contributed by atoms with Crippen LogP contribution in [0.2, 0.25) is 0 Å². The van der Waals surface area contributed by atoms with Crippen molar-refractivity contribution < 1.29 is 0 Å². The third-order valence-corrected chi connectivity index (χ3v) is 3.97. The minimum Gasteiger partial charge on any atom is -0.313 e. The van der Waals surface area contributed by atoms with Crippen molar-refractivity contribution in [2.75, 3.05) is 40.3 Å². The minimum absolute atomic E-state index is 0.622. The van der Waals surface area contributed by atoms with Gasteiger partial charge in [0.25, 0.3) is 0 Å². The summed E-state index contributed by atoms with van der Waals surface area (Å²) in [7, 11) is 4.52. The molecule has 102 valence electrons. The third kappa shape index (κ3) is 4.94. The molecule has 3 heteroatoms. The molecule has 1 N–H and O–H groups in total. The van der Waals surface area contributed by atoms with E-state index in [1.165, 1.54) is 25.9 Å². The van der Waals surface area contributed by atoms with Crippen LogP contribution in [-0.4, -0.2) is 62.2 Å². The Labute approximate surface area is 108 Å². The van der Waals surface area contributed by atoms with Crippen LogP contribution in [0.5, 0.6) is 0 Å². The Hall–Kier alpha value is -0.120. The molecule has 2 atom stereocenters. The molecule has 1 rings (SSSR count). The second-order valence-corrected chi connectivity index (χ2v) is 5.91. The molecule has 17 heavy (non-hydrogen) atoms. The summed E-state index contributed by atoms with van der Waals surface area (Å²) >= 11 is 0. The highest BCUT2D eigenvalue weighted by molar-refractivity contribution is 4.81. The van der Waals surface area contributed by atoms with Gasteiger partial charge in [0.05, 0.1) is 0 Å². The summed E-state index contributed by atoms with van der Waals surface area (Å²) < 4.78 is 0. The average Bonchev–Trinajstić information content (AvgIpc) is 2.63. The first-order valence-corrected chi connectivity index (χ1v) is 7.16. The highest BCUT2D eigenvalue weighted by Crippen LogP contribution is 2.15. The number of nitrogens with zero attached hydrogens (tertiary/aromatic N) is 2. The minimum atomic E-state index is 0.622. The van der Waals surface area contributed by atoms with Crippen LogP contribution in [0.15, 0.2) is 0 Å². The Kier molecular flexibility index (Phi) is 6.45. The molecule has 1 aliphatic rings. The van der Waals surface area contributed by atoms with Crippen LogP contribution in [0.3, 0.4) is 0 Å². The van der Waals surface area contributed by atoms with Crippen molar-refractivity contribution in [3.05, 3.63) is 0 Å². The molecule has 0 bridgehead atoms. The zero-order valence-corrected chi connectivity index (χ0v) is 12.4. The summed E-state index contributed by atoms with van der Waals surface area (Å²) in [4.78, 5) is 5.01. The lowest BCUT2D eigenvalue weighted by molar-refractivity contribution is 0.194. The van der Waals surface area contributed by atoms with Gasteiger partial charge in [0, 0.05) is 25.2 Å². The van der Waals surface area contributed by atoms with Gasteiger partial charge in [-0.05, 0) is 45.9 Å². The van der Waals surface area contributed by atoms with Gasteiger partial charge in [-0.2, -0.15) is 0 Å². The topological polar surface area (TPSA) is 18.5 Å². The number of rotatable bonds is 7. The predicted octanol–water partition coefficient (Wildman–Crippen LogP) is 1.65. The zero-order valence-electron chi connectivity index (χ0n) is 12.4. The van der Waals surface area contributed by atoms with E-state index in [-0.39, 0.29) is 0 Å². The summed E-state index contributed by atoms with van der Waals surface area (Å²) in [6.45, 7) is 11.5. The Morgan fingerprint density at radius 2 is 2.12 bits per heavy atom. The molecule has 1 fully saturated rings. The average molecular weight is 241 g/mol. The normalized spacial score (nSPS) is 23.8. The Morgan fingerprint density at radius 1 is 1.41 bits per heavy atom. The number of hydrogen-bond acceptors (Lipinski definition) is 3. The number of likely N-dealkylation sites (tertiary alicyclic amines) is 1. The quantitative estimate of drug-likeness (QED) is 0.731. The molecular weight excluding hydrogens is 210 g/mol. The fraction of sp³-hybridized carbons (Fsp3) is 1.00. The molecule has 0 radical (unpaired) electrons. The van der Waals surface area contributed by atoms with Gasteiger partial charge in [0.2, 0.25) is 0 Å². The number of likely N-dealkylation sites (N-methyl/N-ethyl adjacent to an activating group) is 3. The summed E-state index contributed by atoms with van der Waals surface area (Å²) in [5.41, 5.74) is 0. The predicted molar refractivity (Wildman–Crippen MR) is 75.5 cm³/mol. The van der Waals surface area contributed by atoms with Gasteiger partial charge in [-0.1, -0.05) is 20.8 Å². The maximum atomic E-state index is 3.59. The highest BCUT2D eigenvalue weighted by atomic mass is 15.2. The SMILES string of the molecule is CCNC(CN(C)CC1CCCN1C)C(C)C. The van der Waals surface area contributed by atoms with Gasteiger partial charge in [0.1, 0.15) is 0 Å². The largest absolute Gasteiger partial charge is 0.313 e. The first kappa shape index (κ1) is 14.9. The van der Waals surface area contributed by atoms with Crippen LogP contribution in [0, 0.1) is 5.92 Å². The maximum Gasteiger partial charge on any atom is 0.0220 e.